The molecular formula is C33H39O4P. The van der Waals surface area contributed by atoms with E-state index in [0.29, 0.717) is 33.9 Å². The third-order valence-electron chi connectivity index (χ3n) is 6.36. The van der Waals surface area contributed by atoms with Crippen LogP contribution in [0.5, 0.6) is 17.2 Å². The number of rotatable bonds is 12. The molecule has 0 aromatic heterocycles. The topological polar surface area (TPSA) is 44.8 Å². The Labute approximate surface area is 228 Å². The Kier molecular flexibility index (Phi) is 9.46. The van der Waals surface area contributed by atoms with E-state index in [0.717, 1.165) is 16.7 Å². The third kappa shape index (κ3) is 6.31. The lowest BCUT2D eigenvalue weighted by molar-refractivity contribution is 0.294. The monoisotopic (exact) mass is 530 g/mol. The summed E-state index contributed by atoms with van der Waals surface area (Å²) in [5.74, 6) is 1.55. The number of benzene rings is 3. The zero-order valence-corrected chi connectivity index (χ0v) is 24.3. The van der Waals surface area contributed by atoms with Gasteiger partial charge in [0.05, 0.1) is 0 Å². The molecule has 0 spiro atoms. The Morgan fingerprint density at radius 3 is 1.03 bits per heavy atom. The second-order valence-corrected chi connectivity index (χ2v) is 11.5. The van der Waals surface area contributed by atoms with Crippen LogP contribution in [0.4, 0.5) is 0 Å². The quantitative estimate of drug-likeness (QED) is 0.219. The SMILES string of the molecule is C=Cc1cccc(C(C)C)c1OP(=O)(Oc1c(C=C)cccc1C(C)C)Oc1c(C=C)cccc1C(C)C. The lowest BCUT2D eigenvalue weighted by Gasteiger charge is -2.26. The predicted octanol–water partition coefficient (Wildman–Crippen LogP) is 10.6. The van der Waals surface area contributed by atoms with Crippen LogP contribution in [-0.4, -0.2) is 0 Å². The molecule has 0 amide bonds. The Morgan fingerprint density at radius 2 is 0.816 bits per heavy atom. The fraction of sp³-hybridized carbons (Fsp3) is 0.273. The van der Waals surface area contributed by atoms with E-state index in [4.69, 9.17) is 13.6 Å². The Balaban J connectivity index is 2.29. The van der Waals surface area contributed by atoms with Crippen LogP contribution in [0.25, 0.3) is 18.2 Å². The zero-order valence-electron chi connectivity index (χ0n) is 23.4. The summed E-state index contributed by atoms with van der Waals surface area (Å²) < 4.78 is 34.0. The summed E-state index contributed by atoms with van der Waals surface area (Å²) in [7, 11) is -4.35. The van der Waals surface area contributed by atoms with E-state index in [1.807, 2.05) is 54.6 Å². The summed E-state index contributed by atoms with van der Waals surface area (Å²) in [6.45, 7) is 24.1. The highest BCUT2D eigenvalue weighted by molar-refractivity contribution is 7.49. The maximum absolute atomic E-state index is 14.9. The Hall–Kier alpha value is -3.49. The van der Waals surface area contributed by atoms with Crippen molar-refractivity contribution in [1.82, 2.24) is 0 Å². The van der Waals surface area contributed by atoms with Gasteiger partial charge in [0.25, 0.3) is 0 Å². The maximum Gasteiger partial charge on any atom is 0.647 e. The molecule has 3 aromatic rings. The van der Waals surface area contributed by atoms with Gasteiger partial charge in [-0.1, -0.05) is 134 Å². The van der Waals surface area contributed by atoms with E-state index < -0.39 is 7.82 Å². The highest BCUT2D eigenvalue weighted by Gasteiger charge is 2.38. The molecule has 0 saturated heterocycles. The van der Waals surface area contributed by atoms with Crippen molar-refractivity contribution in [2.75, 3.05) is 0 Å². The standard InChI is InChI=1S/C33H39O4P/c1-10-25-16-13-19-28(22(4)5)31(25)35-38(34,36-32-26(11-2)17-14-20-29(32)23(6)7)37-33-27(12-3)18-15-21-30(33)24(8)9/h10-24H,1-3H2,4-9H3. The van der Waals surface area contributed by atoms with Crippen LogP contribution in [0.1, 0.15) is 92.7 Å². The highest BCUT2D eigenvalue weighted by Crippen LogP contribution is 2.55. The molecule has 0 saturated carbocycles. The molecule has 0 aliphatic rings. The molecule has 3 aromatic carbocycles. The molecule has 4 nitrogen and oxygen atoms in total. The first-order valence-electron chi connectivity index (χ1n) is 13.0. The van der Waals surface area contributed by atoms with Crippen molar-refractivity contribution < 1.29 is 18.1 Å². The molecule has 0 heterocycles. The number of hydrogen-bond acceptors (Lipinski definition) is 4. The average molecular weight is 531 g/mol. The van der Waals surface area contributed by atoms with Gasteiger partial charge >= 0.3 is 7.82 Å². The van der Waals surface area contributed by atoms with Crippen LogP contribution in [-0.2, 0) is 4.57 Å². The fourth-order valence-electron chi connectivity index (χ4n) is 4.27. The van der Waals surface area contributed by atoms with E-state index in [1.165, 1.54) is 0 Å². The minimum Gasteiger partial charge on any atom is -0.385 e. The fourth-order valence-corrected chi connectivity index (χ4v) is 5.69. The van der Waals surface area contributed by atoms with Gasteiger partial charge in [0.15, 0.2) is 0 Å². The first-order valence-corrected chi connectivity index (χ1v) is 14.5. The van der Waals surface area contributed by atoms with Crippen molar-refractivity contribution in [3.05, 3.63) is 108 Å². The lowest BCUT2D eigenvalue weighted by Crippen LogP contribution is -2.13. The average Bonchev–Trinajstić information content (AvgIpc) is 2.88. The normalized spacial score (nSPS) is 11.5. The molecule has 0 unspecified atom stereocenters. The zero-order chi connectivity index (χ0) is 28.0. The third-order valence-corrected chi connectivity index (χ3v) is 7.58. The van der Waals surface area contributed by atoms with Crippen molar-refractivity contribution >= 4 is 26.1 Å². The highest BCUT2D eigenvalue weighted by atomic mass is 31.2. The smallest absolute Gasteiger partial charge is 0.385 e. The second-order valence-electron chi connectivity index (χ2n) is 10.1. The Bertz CT molecular complexity index is 1200. The summed E-state index contributed by atoms with van der Waals surface area (Å²) in [6.07, 6.45) is 5.04. The van der Waals surface area contributed by atoms with E-state index in [2.05, 4.69) is 61.3 Å². The van der Waals surface area contributed by atoms with Gasteiger partial charge in [-0.15, -0.1) is 0 Å². The van der Waals surface area contributed by atoms with Crippen LogP contribution in [0.15, 0.2) is 74.3 Å². The van der Waals surface area contributed by atoms with Crippen molar-refractivity contribution in [2.24, 2.45) is 0 Å². The van der Waals surface area contributed by atoms with Crippen LogP contribution < -0.4 is 13.6 Å². The molecule has 200 valence electrons. The molecule has 0 aliphatic heterocycles. The van der Waals surface area contributed by atoms with Crippen LogP contribution in [0.3, 0.4) is 0 Å². The minimum absolute atomic E-state index is 0.0942. The molecule has 5 heteroatoms. The van der Waals surface area contributed by atoms with Gasteiger partial charge in [-0.25, -0.2) is 0 Å². The summed E-state index contributed by atoms with van der Waals surface area (Å²) in [6, 6.07) is 17.2. The van der Waals surface area contributed by atoms with Crippen LogP contribution in [0.2, 0.25) is 0 Å². The summed E-state index contributed by atoms with van der Waals surface area (Å²) in [5.41, 5.74) is 4.72. The molecular weight excluding hydrogens is 491 g/mol. The van der Waals surface area contributed by atoms with Crippen molar-refractivity contribution in [2.45, 2.75) is 59.3 Å². The molecule has 0 bridgehead atoms. The van der Waals surface area contributed by atoms with Gasteiger partial charge < -0.3 is 13.6 Å². The lowest BCUT2D eigenvalue weighted by atomic mass is 9.99. The summed E-state index contributed by atoms with van der Waals surface area (Å²) >= 11 is 0. The van der Waals surface area contributed by atoms with Crippen molar-refractivity contribution in [1.29, 1.82) is 0 Å². The molecule has 0 atom stereocenters. The second kappa shape index (κ2) is 12.4. The van der Waals surface area contributed by atoms with Gasteiger partial charge in [0.1, 0.15) is 17.2 Å². The number of hydrogen-bond donors (Lipinski definition) is 0. The van der Waals surface area contributed by atoms with E-state index in [1.54, 1.807) is 18.2 Å². The molecule has 0 fully saturated rings. The van der Waals surface area contributed by atoms with E-state index in [-0.39, 0.29) is 17.8 Å². The molecule has 3 rings (SSSR count). The molecule has 0 aliphatic carbocycles. The first-order chi connectivity index (χ1) is 18.0. The maximum atomic E-state index is 14.9. The first kappa shape index (κ1) is 29.1. The number of para-hydroxylation sites is 3. The predicted molar refractivity (Wildman–Crippen MR) is 161 cm³/mol. The van der Waals surface area contributed by atoms with Crippen molar-refractivity contribution in [3.8, 4) is 17.2 Å². The molecule has 0 N–H and O–H groups in total. The van der Waals surface area contributed by atoms with Gasteiger partial charge in [-0.2, -0.15) is 4.57 Å². The number of phosphoric ester groups is 1. The summed E-state index contributed by atoms with van der Waals surface area (Å²) in [5, 5.41) is 0. The molecule has 0 radical (unpaired) electrons. The van der Waals surface area contributed by atoms with Gasteiger partial charge in [-0.3, -0.25) is 0 Å². The largest absolute Gasteiger partial charge is 0.647 e. The molecule has 38 heavy (non-hydrogen) atoms. The summed E-state index contributed by atoms with van der Waals surface area (Å²) in [4.78, 5) is 0. The minimum atomic E-state index is -4.35. The number of phosphoric acid groups is 1. The van der Waals surface area contributed by atoms with Gasteiger partial charge in [-0.05, 0) is 34.4 Å². The van der Waals surface area contributed by atoms with Crippen molar-refractivity contribution in [3.63, 3.8) is 0 Å². The van der Waals surface area contributed by atoms with E-state index in [9.17, 15) is 4.57 Å². The van der Waals surface area contributed by atoms with Gasteiger partial charge in [0, 0.05) is 16.7 Å². The van der Waals surface area contributed by atoms with Crippen LogP contribution >= 0.6 is 7.82 Å². The van der Waals surface area contributed by atoms with Crippen LogP contribution in [0, 0.1) is 0 Å². The Morgan fingerprint density at radius 1 is 0.553 bits per heavy atom. The van der Waals surface area contributed by atoms with E-state index >= 15 is 0 Å². The van der Waals surface area contributed by atoms with Gasteiger partial charge in [0.2, 0.25) is 0 Å².